The number of hydrogen-bond acceptors (Lipinski definition) is 1. The van der Waals surface area contributed by atoms with Gasteiger partial charge in [0.15, 0.2) is 0 Å². The van der Waals surface area contributed by atoms with E-state index in [-0.39, 0.29) is 0 Å². The topological polar surface area (TPSA) is 0 Å². The second-order valence-electron chi connectivity index (χ2n) is 5.01. The van der Waals surface area contributed by atoms with Gasteiger partial charge in [0.25, 0.3) is 0 Å². The maximum absolute atomic E-state index is 3.82. The van der Waals surface area contributed by atoms with Gasteiger partial charge in [-0.3, -0.25) is 0 Å². The number of fused-ring (bicyclic) bond motifs is 1. The smallest absolute Gasteiger partial charge is 0.0395 e. The van der Waals surface area contributed by atoms with Crippen molar-refractivity contribution in [1.82, 2.24) is 0 Å². The maximum Gasteiger partial charge on any atom is 0.0395 e. The molecule has 1 aliphatic heterocycles. The van der Waals surface area contributed by atoms with E-state index in [0.717, 1.165) is 5.25 Å². The summed E-state index contributed by atoms with van der Waals surface area (Å²) in [5.41, 5.74) is 2.92. The average Bonchev–Trinajstić information content (AvgIpc) is 2.88. The Kier molecular flexibility index (Phi) is 4.29. The van der Waals surface area contributed by atoms with Crippen molar-refractivity contribution in [3.05, 3.63) is 65.7 Å². The first kappa shape index (κ1) is 13.3. The third-order valence-electron chi connectivity index (χ3n) is 3.62. The molecule has 19 heavy (non-hydrogen) atoms. The van der Waals surface area contributed by atoms with Crippen LogP contribution >= 0.6 is 27.7 Å². The molecule has 0 spiro atoms. The van der Waals surface area contributed by atoms with Crippen LogP contribution in [-0.4, -0.2) is 5.25 Å². The monoisotopic (exact) mass is 332 g/mol. The largest absolute Gasteiger partial charge is 0.122 e. The lowest BCUT2D eigenvalue weighted by Gasteiger charge is -2.13. The quantitative estimate of drug-likeness (QED) is 0.655. The van der Waals surface area contributed by atoms with E-state index in [2.05, 4.69) is 82.3 Å². The molecule has 0 bridgehead atoms. The fourth-order valence-corrected chi connectivity index (χ4v) is 4.48. The van der Waals surface area contributed by atoms with Crippen molar-refractivity contribution in [1.29, 1.82) is 0 Å². The van der Waals surface area contributed by atoms with E-state index in [1.807, 2.05) is 0 Å². The van der Waals surface area contributed by atoms with Gasteiger partial charge in [-0.2, -0.15) is 0 Å². The molecule has 3 rings (SSSR count). The predicted molar refractivity (Wildman–Crippen MR) is 87.1 cm³/mol. The summed E-state index contributed by atoms with van der Waals surface area (Å²) in [6, 6.07) is 19.5. The minimum atomic E-state index is 0.484. The lowest BCUT2D eigenvalue weighted by Crippen LogP contribution is -2.02. The highest BCUT2D eigenvalue weighted by molar-refractivity contribution is 9.09. The molecule has 98 valence electrons. The molecule has 2 aromatic carbocycles. The fourth-order valence-electron chi connectivity index (χ4n) is 2.58. The summed E-state index contributed by atoms with van der Waals surface area (Å²) in [7, 11) is 0. The Morgan fingerprint density at radius 2 is 1.79 bits per heavy atom. The summed E-state index contributed by atoms with van der Waals surface area (Å²) in [6.07, 6.45) is 3.70. The molecule has 0 N–H and O–H groups in total. The zero-order valence-corrected chi connectivity index (χ0v) is 13.2. The van der Waals surface area contributed by atoms with Crippen molar-refractivity contribution in [2.45, 2.75) is 34.2 Å². The Morgan fingerprint density at radius 3 is 2.58 bits per heavy atom. The van der Waals surface area contributed by atoms with Crippen LogP contribution in [0.1, 0.15) is 28.8 Å². The Balaban J connectivity index is 1.55. The molecule has 0 aromatic heterocycles. The van der Waals surface area contributed by atoms with E-state index in [4.69, 9.17) is 0 Å². The summed E-state index contributed by atoms with van der Waals surface area (Å²) in [5, 5.41) is 0.751. The number of benzene rings is 2. The summed E-state index contributed by atoms with van der Waals surface area (Å²) in [5.74, 6) is 0. The summed E-state index contributed by atoms with van der Waals surface area (Å²) in [4.78, 5) is 1.97. The van der Waals surface area contributed by atoms with Gasteiger partial charge in [0.05, 0.1) is 0 Å². The third-order valence-corrected chi connectivity index (χ3v) is 5.99. The van der Waals surface area contributed by atoms with Crippen molar-refractivity contribution in [3.8, 4) is 0 Å². The van der Waals surface area contributed by atoms with Crippen molar-refractivity contribution < 1.29 is 0 Å². The predicted octanol–water partition coefficient (Wildman–Crippen LogP) is 5.62. The average molecular weight is 333 g/mol. The zero-order chi connectivity index (χ0) is 13.1. The Morgan fingerprint density at radius 1 is 1.05 bits per heavy atom. The van der Waals surface area contributed by atoms with Crippen LogP contribution in [0.25, 0.3) is 0 Å². The molecule has 2 aromatic rings. The van der Waals surface area contributed by atoms with Gasteiger partial charge in [-0.25, -0.2) is 0 Å². The second kappa shape index (κ2) is 6.15. The van der Waals surface area contributed by atoms with E-state index in [0.29, 0.717) is 4.83 Å². The maximum atomic E-state index is 3.82. The number of alkyl halides is 1. The molecule has 2 unspecified atom stereocenters. The highest BCUT2D eigenvalue weighted by Gasteiger charge is 2.22. The van der Waals surface area contributed by atoms with Crippen LogP contribution in [0.3, 0.4) is 0 Å². The van der Waals surface area contributed by atoms with Crippen molar-refractivity contribution >= 4 is 27.7 Å². The van der Waals surface area contributed by atoms with Gasteiger partial charge in [0.1, 0.15) is 0 Å². The van der Waals surface area contributed by atoms with Gasteiger partial charge in [-0.15, -0.1) is 11.8 Å². The van der Waals surface area contributed by atoms with Crippen LogP contribution in [0.5, 0.6) is 0 Å². The van der Waals surface area contributed by atoms with Gasteiger partial charge in [-0.05, 0) is 36.5 Å². The normalized spacial score (nSPS) is 19.1. The molecule has 1 heterocycles. The molecule has 0 fully saturated rings. The van der Waals surface area contributed by atoms with Gasteiger partial charge in [0.2, 0.25) is 0 Å². The van der Waals surface area contributed by atoms with E-state index in [9.17, 15) is 0 Å². The van der Waals surface area contributed by atoms with Crippen LogP contribution in [0.15, 0.2) is 59.5 Å². The summed E-state index contributed by atoms with van der Waals surface area (Å²) >= 11 is 5.87. The van der Waals surface area contributed by atoms with Crippen molar-refractivity contribution in [2.24, 2.45) is 0 Å². The van der Waals surface area contributed by atoms with E-state index in [1.54, 1.807) is 0 Å². The molecule has 0 aliphatic carbocycles. The first-order valence-corrected chi connectivity index (χ1v) is 8.56. The molecule has 2 heteroatoms. The number of hydrogen-bond donors (Lipinski definition) is 0. The van der Waals surface area contributed by atoms with Gasteiger partial charge in [-0.1, -0.05) is 64.5 Å². The standard InChI is InChI=1S/C17H17BrS/c18-16(13-6-2-1-3-7-13)11-10-15-12-14-8-4-5-9-17(14)19-15/h1-9,15-16H,10-12H2. The number of rotatable bonds is 4. The van der Waals surface area contributed by atoms with Crippen LogP contribution in [-0.2, 0) is 6.42 Å². The Hall–Kier alpha value is -0.730. The van der Waals surface area contributed by atoms with E-state index < -0.39 is 0 Å². The minimum Gasteiger partial charge on any atom is -0.122 e. The molecule has 0 saturated carbocycles. The van der Waals surface area contributed by atoms with Crippen LogP contribution < -0.4 is 0 Å². The molecule has 0 saturated heterocycles. The lowest BCUT2D eigenvalue weighted by atomic mass is 10.0. The lowest BCUT2D eigenvalue weighted by molar-refractivity contribution is 0.696. The van der Waals surface area contributed by atoms with Gasteiger partial charge in [0, 0.05) is 15.0 Å². The Labute approximate surface area is 127 Å². The van der Waals surface area contributed by atoms with Crippen LogP contribution in [0.4, 0.5) is 0 Å². The molecule has 2 atom stereocenters. The molecular formula is C17H17BrS. The molecule has 1 aliphatic rings. The number of thioether (sulfide) groups is 1. The van der Waals surface area contributed by atoms with E-state index in [1.165, 1.54) is 35.3 Å². The molecule has 0 radical (unpaired) electrons. The second-order valence-corrected chi connectivity index (χ2v) is 7.45. The number of halogens is 1. The molecular weight excluding hydrogens is 316 g/mol. The first-order valence-electron chi connectivity index (χ1n) is 6.76. The Bertz CT molecular complexity index is 513. The van der Waals surface area contributed by atoms with Crippen molar-refractivity contribution in [3.63, 3.8) is 0 Å². The minimum absolute atomic E-state index is 0.484. The van der Waals surface area contributed by atoms with Gasteiger partial charge >= 0.3 is 0 Å². The molecule has 0 amide bonds. The van der Waals surface area contributed by atoms with E-state index >= 15 is 0 Å². The highest BCUT2D eigenvalue weighted by Crippen LogP contribution is 2.40. The SMILES string of the molecule is BrC(CCC1Cc2ccccc2S1)c1ccccc1. The third kappa shape index (κ3) is 3.24. The van der Waals surface area contributed by atoms with Crippen molar-refractivity contribution in [2.75, 3.05) is 0 Å². The fraction of sp³-hybridized carbons (Fsp3) is 0.294. The zero-order valence-electron chi connectivity index (χ0n) is 10.8. The summed E-state index contributed by atoms with van der Waals surface area (Å²) < 4.78 is 0. The summed E-state index contributed by atoms with van der Waals surface area (Å²) in [6.45, 7) is 0. The van der Waals surface area contributed by atoms with Crippen LogP contribution in [0.2, 0.25) is 0 Å². The van der Waals surface area contributed by atoms with Crippen LogP contribution in [0, 0.1) is 0 Å². The highest BCUT2D eigenvalue weighted by atomic mass is 79.9. The molecule has 0 nitrogen and oxygen atoms in total. The van der Waals surface area contributed by atoms with Gasteiger partial charge < -0.3 is 0 Å². The first-order chi connectivity index (χ1) is 9.33.